The summed E-state index contributed by atoms with van der Waals surface area (Å²) in [5, 5.41) is 23.0. The molecule has 0 fully saturated rings. The first-order valence-corrected chi connectivity index (χ1v) is 27.8. The number of amides is 2. The molecule has 0 saturated carbocycles. The van der Waals surface area contributed by atoms with E-state index in [1.165, 1.54) is 0 Å². The Bertz CT molecular complexity index is 2400. The van der Waals surface area contributed by atoms with Crippen molar-refractivity contribution in [3.05, 3.63) is 108 Å². The summed E-state index contributed by atoms with van der Waals surface area (Å²) >= 11 is 0. The molecule has 0 bridgehead atoms. The highest BCUT2D eigenvalue weighted by Gasteiger charge is 2.31. The molecule has 20 heteroatoms. The maximum absolute atomic E-state index is 12.9. The number of phosphoric ester groups is 1. The van der Waals surface area contributed by atoms with Crippen LogP contribution in [-0.4, -0.2) is 128 Å². The Morgan fingerprint density at radius 1 is 0.539 bits per heavy atom. The van der Waals surface area contributed by atoms with Gasteiger partial charge in [0.15, 0.2) is 6.10 Å². The van der Waals surface area contributed by atoms with E-state index in [4.69, 9.17) is 18.5 Å². The zero-order valence-electron chi connectivity index (χ0n) is 45.7. The first-order chi connectivity index (χ1) is 36.4. The summed E-state index contributed by atoms with van der Waals surface area (Å²) in [6.07, 6.45) is 9.43. The van der Waals surface area contributed by atoms with Gasteiger partial charge in [0.1, 0.15) is 26.4 Å². The number of carbonyl (C=O) groups is 4. The lowest BCUT2D eigenvalue weighted by atomic mass is 10.1. The lowest BCUT2D eigenvalue weighted by Crippen LogP contribution is -2.38. The Kier molecular flexibility index (Phi) is 27.7. The highest BCUT2D eigenvalue weighted by molar-refractivity contribution is 7.52. The second kappa shape index (κ2) is 33.7. The van der Waals surface area contributed by atoms with E-state index in [9.17, 15) is 29.0 Å². The summed E-state index contributed by atoms with van der Waals surface area (Å²) in [7, 11) is 9.16. The Labute approximate surface area is 450 Å². The van der Waals surface area contributed by atoms with Crippen molar-refractivity contribution in [1.82, 2.24) is 10.6 Å². The van der Waals surface area contributed by atoms with Crippen LogP contribution in [0.2, 0.25) is 0 Å². The molecule has 4 aromatic carbocycles. The van der Waals surface area contributed by atoms with Crippen LogP contribution in [0.25, 0.3) is 0 Å². The van der Waals surface area contributed by atoms with E-state index in [0.717, 1.165) is 74.1 Å². The number of nitrogens with zero attached hydrogens (tertiary/aromatic N) is 7. The third-order valence-electron chi connectivity index (χ3n) is 11.9. The fraction of sp³-hybridized carbons (Fsp3) is 0.500. The van der Waals surface area contributed by atoms with Gasteiger partial charge in [-0.3, -0.25) is 19.2 Å². The fourth-order valence-electron chi connectivity index (χ4n) is 7.30. The van der Waals surface area contributed by atoms with E-state index in [0.29, 0.717) is 72.3 Å². The molecule has 414 valence electrons. The van der Waals surface area contributed by atoms with E-state index in [1.807, 2.05) is 108 Å². The summed E-state index contributed by atoms with van der Waals surface area (Å²) in [5.74, 6) is -1.39. The first kappa shape index (κ1) is 62.3. The van der Waals surface area contributed by atoms with Gasteiger partial charge in [0, 0.05) is 76.6 Å². The molecule has 0 aliphatic carbocycles. The molecule has 0 aliphatic rings. The Morgan fingerprint density at radius 2 is 0.908 bits per heavy atom. The van der Waals surface area contributed by atoms with Crippen molar-refractivity contribution in [3.8, 4) is 0 Å². The van der Waals surface area contributed by atoms with E-state index >= 15 is 0 Å². The van der Waals surface area contributed by atoms with Gasteiger partial charge in [-0.2, -0.15) is 34.4 Å². The molecule has 2 atom stereocenters. The van der Waals surface area contributed by atoms with Crippen molar-refractivity contribution >= 4 is 66.0 Å². The summed E-state index contributed by atoms with van der Waals surface area (Å²) in [6, 6.07) is 29.4. The van der Waals surface area contributed by atoms with Crippen molar-refractivity contribution in [2.24, 2.45) is 20.5 Å². The molecular weight excluding hydrogens is 990 g/mol. The maximum atomic E-state index is 12.9. The third kappa shape index (κ3) is 26.5. The Morgan fingerprint density at radius 3 is 1.32 bits per heavy atom. The predicted octanol–water partition coefficient (Wildman–Crippen LogP) is 10.5. The van der Waals surface area contributed by atoms with Gasteiger partial charge < -0.3 is 39.3 Å². The van der Waals surface area contributed by atoms with E-state index < -0.39 is 32.8 Å². The zero-order chi connectivity index (χ0) is 55.2. The van der Waals surface area contributed by atoms with Crippen molar-refractivity contribution in [3.63, 3.8) is 0 Å². The second-order valence-electron chi connectivity index (χ2n) is 20.0. The number of carbonyl (C=O) groups excluding carboxylic acids is 4. The molecule has 4 aromatic rings. The lowest BCUT2D eigenvalue weighted by Gasteiger charge is -2.26. The fourth-order valence-corrected chi connectivity index (χ4v) is 8.04. The van der Waals surface area contributed by atoms with Crippen LogP contribution in [0.1, 0.15) is 111 Å². The van der Waals surface area contributed by atoms with E-state index in [1.54, 1.807) is 48.5 Å². The number of ether oxygens (including phenoxy) is 2. The molecular formula is C56H81N9O10P+. The quantitative estimate of drug-likeness (QED) is 0.0127. The molecule has 0 heterocycles. The topological polar surface area (TPSA) is 228 Å². The van der Waals surface area contributed by atoms with Crippen LogP contribution in [0.4, 0.5) is 34.1 Å². The highest BCUT2D eigenvalue weighted by Crippen LogP contribution is 2.47. The van der Waals surface area contributed by atoms with E-state index in [2.05, 4.69) is 31.1 Å². The van der Waals surface area contributed by atoms with Crippen molar-refractivity contribution in [2.45, 2.75) is 96.0 Å². The number of esters is 2. The smallest absolute Gasteiger partial charge is 0.377 e. The standard InChI is InChI=1S/C56H80N9O10P/c1-63(2)50-34-30-48(31-35-50)61-59-46-26-22-44(23-27-46)55(68)57-38-18-14-12-10-8-9-11-13-16-21-54(67)75-52(43-74-76(70,71)73-41-40-65(5,6)7)42-72-53(66)20-17-15-19-39-58-56(69)45-24-28-47(29-25-45)60-62-49-32-36-51(37-33-49)64(3)4/h22-37,52H,8-21,38-43H2,1-7H3,(H2-,57,58,68,69,70,71)/p+1/t52-/m1/s1. The molecule has 1 unspecified atom stereocenters. The minimum atomic E-state index is -4.48. The monoisotopic (exact) mass is 1070 g/mol. The first-order valence-electron chi connectivity index (χ1n) is 26.3. The SMILES string of the molecule is CN(C)c1ccc(N=Nc2ccc(C(=O)NCCCCCCCCCCCC(=O)O[C@H](COC(=O)CCCCCNC(=O)c3ccc(N=Nc4ccc(N(C)C)cc4)cc3)CO[P+]([O-])(O)OCC[N+](C)(C)C)cc2)cc1. The maximum Gasteiger partial charge on any atom is 0.377 e. The molecule has 0 aromatic heterocycles. The molecule has 0 saturated heterocycles. The van der Waals surface area contributed by atoms with Gasteiger partial charge in [-0.1, -0.05) is 51.4 Å². The Balaban J connectivity index is 1.05. The van der Waals surface area contributed by atoms with Crippen molar-refractivity contribution in [2.75, 3.05) is 98.6 Å². The zero-order valence-corrected chi connectivity index (χ0v) is 46.6. The minimum Gasteiger partial charge on any atom is -0.606 e. The van der Waals surface area contributed by atoms with Crippen molar-refractivity contribution < 1.29 is 52.0 Å². The average Bonchev–Trinajstić information content (AvgIpc) is 3.39. The number of phosphoric acid groups is 1. The number of azo groups is 2. The van der Waals surface area contributed by atoms with E-state index in [-0.39, 0.29) is 37.9 Å². The largest absolute Gasteiger partial charge is 0.606 e. The van der Waals surface area contributed by atoms with Crippen LogP contribution >= 0.6 is 8.17 Å². The van der Waals surface area contributed by atoms with Gasteiger partial charge in [0.05, 0.1) is 43.9 Å². The van der Waals surface area contributed by atoms with Crippen LogP contribution in [0, 0.1) is 0 Å². The number of nitrogens with one attached hydrogen (secondary N) is 2. The van der Waals surface area contributed by atoms with Crippen LogP contribution in [0.15, 0.2) is 118 Å². The number of unbranched alkanes of at least 4 members (excludes halogenated alkanes) is 10. The number of rotatable bonds is 36. The van der Waals surface area contributed by atoms with Crippen LogP contribution < -0.4 is 25.3 Å². The number of quaternary nitrogens is 1. The number of hydrogen-bond acceptors (Lipinski definition) is 16. The molecule has 19 nitrogen and oxygen atoms in total. The lowest BCUT2D eigenvalue weighted by molar-refractivity contribution is -0.870. The van der Waals surface area contributed by atoms with Gasteiger partial charge in [0.25, 0.3) is 11.8 Å². The molecule has 0 spiro atoms. The third-order valence-corrected chi connectivity index (χ3v) is 12.9. The highest BCUT2D eigenvalue weighted by atomic mass is 31.2. The van der Waals surface area contributed by atoms with Crippen LogP contribution in [-0.2, 0) is 28.1 Å². The summed E-state index contributed by atoms with van der Waals surface area (Å²) < 4.78 is 21.8. The molecule has 2 amide bonds. The van der Waals surface area contributed by atoms with Gasteiger partial charge in [-0.15, -0.1) is 0 Å². The molecule has 3 N–H and O–H groups in total. The van der Waals surface area contributed by atoms with Gasteiger partial charge in [0.2, 0.25) is 0 Å². The summed E-state index contributed by atoms with van der Waals surface area (Å²) in [4.78, 5) is 77.8. The normalized spacial score (nSPS) is 12.8. The number of anilines is 2. The Hall–Kier alpha value is -6.21. The molecule has 4 rings (SSSR count). The number of benzene rings is 4. The predicted molar refractivity (Wildman–Crippen MR) is 297 cm³/mol. The number of likely N-dealkylation sites (N-methyl/N-ethyl adjacent to an activating group) is 1. The minimum absolute atomic E-state index is 0.0318. The molecule has 0 aliphatic heterocycles. The second-order valence-corrected chi connectivity index (χ2v) is 21.4. The van der Waals surface area contributed by atoms with Gasteiger partial charge in [-0.25, -0.2) is 0 Å². The summed E-state index contributed by atoms with van der Waals surface area (Å²) in [6.45, 7) is 0.583. The van der Waals surface area contributed by atoms with Crippen molar-refractivity contribution in [1.29, 1.82) is 0 Å². The molecule has 0 radical (unpaired) electrons. The molecule has 76 heavy (non-hydrogen) atoms. The van der Waals surface area contributed by atoms with Crippen LogP contribution in [0.5, 0.6) is 0 Å². The van der Waals surface area contributed by atoms with Crippen LogP contribution in [0.3, 0.4) is 0 Å². The summed E-state index contributed by atoms with van der Waals surface area (Å²) in [5.41, 5.74) is 5.97. The number of hydrogen-bond donors (Lipinski definition) is 3. The van der Waals surface area contributed by atoms with Gasteiger partial charge >= 0.3 is 20.1 Å². The van der Waals surface area contributed by atoms with Gasteiger partial charge in [-0.05, 0) is 123 Å². The average molecular weight is 1070 g/mol.